The first kappa shape index (κ1) is 27.4. The number of carbonyl (C=O) groups is 2. The Hall–Kier alpha value is -2.87. The molecule has 186 valence electrons. The molecule has 2 rings (SSSR count). The average Bonchev–Trinajstić information content (AvgIpc) is 2.73. The summed E-state index contributed by atoms with van der Waals surface area (Å²) in [6, 6.07) is 14.0. The summed E-state index contributed by atoms with van der Waals surface area (Å²) in [4.78, 5) is 28.0. The molecule has 0 unspecified atom stereocenters. The molecule has 1 N–H and O–H groups in total. The number of rotatable bonds is 9. The molecule has 2 amide bonds. The highest BCUT2D eigenvalue weighted by molar-refractivity contribution is 7.92. The molecule has 0 aliphatic carbocycles. The minimum Gasteiger partial charge on any atom is -0.350 e. The summed E-state index contributed by atoms with van der Waals surface area (Å²) >= 11 is 0. The normalized spacial score (nSPS) is 12.7. The van der Waals surface area contributed by atoms with Gasteiger partial charge in [0.1, 0.15) is 12.6 Å². The van der Waals surface area contributed by atoms with Gasteiger partial charge in [-0.15, -0.1) is 0 Å². The van der Waals surface area contributed by atoms with Crippen molar-refractivity contribution < 1.29 is 18.0 Å². The maximum Gasteiger partial charge on any atom is 0.244 e. The van der Waals surface area contributed by atoms with E-state index in [0.29, 0.717) is 12.1 Å². The molecule has 0 heterocycles. The molecular formula is C26H37N3O4S. The maximum atomic E-state index is 13.6. The van der Waals surface area contributed by atoms with Gasteiger partial charge in [-0.05, 0) is 58.2 Å². The molecule has 0 saturated heterocycles. The fourth-order valence-corrected chi connectivity index (χ4v) is 4.59. The van der Waals surface area contributed by atoms with Gasteiger partial charge >= 0.3 is 0 Å². The smallest absolute Gasteiger partial charge is 0.244 e. The highest BCUT2D eigenvalue weighted by Crippen LogP contribution is 2.24. The number of nitrogens with zero attached hydrogens (tertiary/aromatic N) is 2. The standard InChI is InChI=1S/C26H37N3O4S/c1-8-22-14-9-10-15-23(22)29(34(7,32)33)18-24(30)28(17-21-13-11-12-19(2)16-21)20(3)25(31)27-26(4,5)6/h9-16,20H,8,17-18H2,1-7H3,(H,27,31)/t20-/m0/s1. The van der Waals surface area contributed by atoms with Crippen molar-refractivity contribution in [2.75, 3.05) is 17.1 Å². The van der Waals surface area contributed by atoms with Crippen molar-refractivity contribution >= 4 is 27.5 Å². The number of carbonyl (C=O) groups excluding carboxylic acids is 2. The van der Waals surface area contributed by atoms with Crippen molar-refractivity contribution in [1.82, 2.24) is 10.2 Å². The van der Waals surface area contributed by atoms with Crippen molar-refractivity contribution in [3.05, 3.63) is 65.2 Å². The first-order valence-corrected chi connectivity index (χ1v) is 13.3. The Kier molecular flexibility index (Phi) is 8.89. The zero-order chi connectivity index (χ0) is 25.7. The van der Waals surface area contributed by atoms with E-state index >= 15 is 0 Å². The van der Waals surface area contributed by atoms with Gasteiger partial charge in [0.05, 0.1) is 11.9 Å². The third kappa shape index (κ3) is 7.58. The van der Waals surface area contributed by atoms with Gasteiger partial charge in [0.25, 0.3) is 0 Å². The number of hydrogen-bond donors (Lipinski definition) is 1. The molecule has 0 spiro atoms. The molecule has 0 radical (unpaired) electrons. The summed E-state index contributed by atoms with van der Waals surface area (Å²) in [5, 5.41) is 2.92. The van der Waals surface area contributed by atoms with Gasteiger partial charge in [0.2, 0.25) is 21.8 Å². The van der Waals surface area contributed by atoms with Gasteiger partial charge in [0, 0.05) is 12.1 Å². The Balaban J connectivity index is 2.44. The van der Waals surface area contributed by atoms with Crippen LogP contribution in [-0.2, 0) is 32.6 Å². The van der Waals surface area contributed by atoms with E-state index in [1.54, 1.807) is 19.1 Å². The Bertz CT molecular complexity index is 1120. The van der Waals surface area contributed by atoms with Crippen LogP contribution in [0.3, 0.4) is 0 Å². The highest BCUT2D eigenvalue weighted by Gasteiger charge is 2.31. The highest BCUT2D eigenvalue weighted by atomic mass is 32.2. The molecule has 0 fully saturated rings. The van der Waals surface area contributed by atoms with Crippen molar-refractivity contribution in [3.8, 4) is 0 Å². The zero-order valence-corrected chi connectivity index (χ0v) is 22.1. The zero-order valence-electron chi connectivity index (χ0n) is 21.3. The Morgan fingerprint density at radius 2 is 1.71 bits per heavy atom. The molecule has 8 heteroatoms. The van der Waals surface area contributed by atoms with Gasteiger partial charge in [-0.25, -0.2) is 8.42 Å². The number of hydrogen-bond acceptors (Lipinski definition) is 4. The molecule has 1 atom stereocenters. The molecule has 2 aromatic rings. The number of aryl methyl sites for hydroxylation is 2. The third-order valence-corrected chi connectivity index (χ3v) is 6.55. The van der Waals surface area contributed by atoms with Crippen LogP contribution < -0.4 is 9.62 Å². The molecule has 0 aliphatic rings. The fraction of sp³-hybridized carbons (Fsp3) is 0.462. The van der Waals surface area contributed by atoms with Crippen molar-refractivity contribution in [2.24, 2.45) is 0 Å². The first-order valence-electron chi connectivity index (χ1n) is 11.5. The van der Waals surface area contributed by atoms with E-state index in [1.165, 1.54) is 4.90 Å². The quantitative estimate of drug-likeness (QED) is 0.585. The fourth-order valence-electron chi connectivity index (χ4n) is 3.71. The second-order valence-corrected chi connectivity index (χ2v) is 11.6. The van der Waals surface area contributed by atoms with Crippen LogP contribution in [0.5, 0.6) is 0 Å². The second-order valence-electron chi connectivity index (χ2n) is 9.68. The van der Waals surface area contributed by atoms with E-state index < -0.39 is 34.1 Å². The van der Waals surface area contributed by atoms with Crippen molar-refractivity contribution in [1.29, 1.82) is 0 Å². The number of anilines is 1. The summed E-state index contributed by atoms with van der Waals surface area (Å²) in [7, 11) is -3.75. The predicted octanol–water partition coefficient (Wildman–Crippen LogP) is 3.66. The molecular weight excluding hydrogens is 450 g/mol. The maximum absolute atomic E-state index is 13.6. The predicted molar refractivity (Wildman–Crippen MR) is 137 cm³/mol. The average molecular weight is 488 g/mol. The molecule has 7 nitrogen and oxygen atoms in total. The van der Waals surface area contributed by atoms with Gasteiger partial charge in [-0.2, -0.15) is 0 Å². The second kappa shape index (κ2) is 11.0. The van der Waals surface area contributed by atoms with Crippen LogP contribution in [-0.4, -0.2) is 49.5 Å². The Labute approximate surface area is 204 Å². The van der Waals surface area contributed by atoms with Crippen LogP contribution in [0.2, 0.25) is 0 Å². The summed E-state index contributed by atoms with van der Waals surface area (Å²) in [5.41, 5.74) is 2.73. The van der Waals surface area contributed by atoms with Crippen LogP contribution in [0.15, 0.2) is 48.5 Å². The van der Waals surface area contributed by atoms with Crippen molar-refractivity contribution in [3.63, 3.8) is 0 Å². The lowest BCUT2D eigenvalue weighted by Gasteiger charge is -2.33. The van der Waals surface area contributed by atoms with Gasteiger partial charge in [-0.1, -0.05) is 55.0 Å². The van der Waals surface area contributed by atoms with Gasteiger partial charge in [0.15, 0.2) is 0 Å². The number of para-hydroxylation sites is 1. The van der Waals surface area contributed by atoms with Gasteiger partial charge < -0.3 is 10.2 Å². The summed E-state index contributed by atoms with van der Waals surface area (Å²) in [6.45, 7) is 11.0. The first-order chi connectivity index (χ1) is 15.7. The van der Waals surface area contributed by atoms with Crippen molar-refractivity contribution in [2.45, 2.75) is 66.1 Å². The summed E-state index contributed by atoms with van der Waals surface area (Å²) in [5.74, 6) is -0.747. The lowest BCUT2D eigenvalue weighted by atomic mass is 10.1. The SMILES string of the molecule is CCc1ccccc1N(CC(=O)N(Cc1cccc(C)c1)[C@@H](C)C(=O)NC(C)(C)C)S(C)(=O)=O. The van der Waals surface area contributed by atoms with Crippen LogP contribution in [0.1, 0.15) is 51.3 Å². The summed E-state index contributed by atoms with van der Waals surface area (Å²) in [6.07, 6.45) is 1.71. The largest absolute Gasteiger partial charge is 0.350 e. The van der Waals surface area contributed by atoms with Crippen LogP contribution >= 0.6 is 0 Å². The third-order valence-electron chi connectivity index (χ3n) is 5.42. The van der Waals surface area contributed by atoms with E-state index in [9.17, 15) is 18.0 Å². The molecule has 0 saturated carbocycles. The Morgan fingerprint density at radius 3 is 2.26 bits per heavy atom. The lowest BCUT2D eigenvalue weighted by Crippen LogP contribution is -2.54. The van der Waals surface area contributed by atoms with Gasteiger partial charge in [-0.3, -0.25) is 13.9 Å². The Morgan fingerprint density at radius 1 is 1.06 bits per heavy atom. The van der Waals surface area contributed by atoms with E-state index in [1.807, 2.05) is 71.0 Å². The molecule has 0 bridgehead atoms. The number of amides is 2. The molecule has 2 aromatic carbocycles. The molecule has 0 aliphatic heterocycles. The van der Waals surface area contributed by atoms with Crippen LogP contribution in [0.4, 0.5) is 5.69 Å². The minimum atomic E-state index is -3.75. The van der Waals surface area contributed by atoms with E-state index in [4.69, 9.17) is 0 Å². The number of sulfonamides is 1. The number of nitrogens with one attached hydrogen (secondary N) is 1. The van der Waals surface area contributed by atoms with E-state index in [2.05, 4.69) is 5.32 Å². The van der Waals surface area contributed by atoms with E-state index in [-0.39, 0.29) is 12.5 Å². The molecule has 0 aromatic heterocycles. The topological polar surface area (TPSA) is 86.8 Å². The minimum absolute atomic E-state index is 0.187. The number of benzene rings is 2. The van der Waals surface area contributed by atoms with Crippen LogP contribution in [0, 0.1) is 6.92 Å². The molecule has 34 heavy (non-hydrogen) atoms. The summed E-state index contributed by atoms with van der Waals surface area (Å²) < 4.78 is 26.6. The lowest BCUT2D eigenvalue weighted by molar-refractivity contribution is -0.140. The van der Waals surface area contributed by atoms with Crippen LogP contribution in [0.25, 0.3) is 0 Å². The monoisotopic (exact) mass is 487 g/mol. The van der Waals surface area contributed by atoms with E-state index in [0.717, 1.165) is 27.3 Å².